The molecule has 0 aliphatic carbocycles. The smallest absolute Gasteiger partial charge is 0.333 e. The summed E-state index contributed by atoms with van der Waals surface area (Å²) in [6.07, 6.45) is -4.37. The monoisotopic (exact) mass is 415 g/mol. The van der Waals surface area contributed by atoms with Crippen molar-refractivity contribution in [2.24, 2.45) is 5.73 Å². The molecule has 0 bridgehead atoms. The Balaban J connectivity index is 0.00000392. The van der Waals surface area contributed by atoms with E-state index < -0.39 is 11.7 Å². The maximum absolute atomic E-state index is 12.9. The summed E-state index contributed by atoms with van der Waals surface area (Å²) in [5.74, 6) is -0.166. The summed E-state index contributed by atoms with van der Waals surface area (Å²) in [6, 6.07) is 12.0. The molecule has 2 rings (SSSR count). The molecule has 0 radical (unpaired) electrons. The van der Waals surface area contributed by atoms with Gasteiger partial charge in [-0.15, -0.1) is 12.4 Å². The number of alkyl halides is 3. The largest absolute Gasteiger partial charge is 0.416 e. The maximum atomic E-state index is 12.9. The molecule has 0 fully saturated rings. The van der Waals surface area contributed by atoms with Gasteiger partial charge in [0.15, 0.2) is 0 Å². The Morgan fingerprint density at radius 1 is 0.929 bits per heavy atom. The normalized spacial score (nSPS) is 11.2. The molecule has 0 aliphatic heterocycles. The maximum Gasteiger partial charge on any atom is 0.416 e. The van der Waals surface area contributed by atoms with Crippen molar-refractivity contribution in [2.75, 3.05) is 27.2 Å². The summed E-state index contributed by atoms with van der Waals surface area (Å²) < 4.78 is 38.2. The minimum absolute atomic E-state index is 0. The minimum atomic E-state index is -4.37. The average molecular weight is 416 g/mol. The van der Waals surface area contributed by atoms with E-state index in [0.717, 1.165) is 17.7 Å². The molecule has 1 amide bonds. The highest BCUT2D eigenvalue weighted by Crippen LogP contribution is 2.29. The van der Waals surface area contributed by atoms with Crippen LogP contribution in [0.2, 0.25) is 0 Å². The van der Waals surface area contributed by atoms with Crippen LogP contribution in [0.1, 0.15) is 27.0 Å². The number of nitrogens with zero attached hydrogens (tertiary/aromatic N) is 2. The first-order chi connectivity index (χ1) is 12.7. The number of hydrogen-bond acceptors (Lipinski definition) is 3. The standard InChI is InChI=1S/C20H24F3N3O.ClH/c1-25(2)11-12-26(19(27)17-7-3-15(13-24)4-8-17)14-16-5-9-18(10-6-16)20(21,22)23;/h3-10H,11-14,24H2,1-2H3;1H. The predicted molar refractivity (Wildman–Crippen MR) is 106 cm³/mol. The van der Waals surface area contributed by atoms with Crippen molar-refractivity contribution < 1.29 is 18.0 Å². The van der Waals surface area contributed by atoms with Gasteiger partial charge in [-0.3, -0.25) is 4.79 Å². The van der Waals surface area contributed by atoms with Gasteiger partial charge >= 0.3 is 6.18 Å². The first-order valence-corrected chi connectivity index (χ1v) is 8.60. The summed E-state index contributed by atoms with van der Waals surface area (Å²) in [6.45, 7) is 1.74. The number of rotatable bonds is 7. The Labute approximate surface area is 169 Å². The van der Waals surface area contributed by atoms with Crippen LogP contribution in [0.25, 0.3) is 0 Å². The van der Waals surface area contributed by atoms with Crippen molar-refractivity contribution in [2.45, 2.75) is 19.3 Å². The van der Waals surface area contributed by atoms with Crippen LogP contribution in [0.15, 0.2) is 48.5 Å². The highest BCUT2D eigenvalue weighted by Gasteiger charge is 2.30. The van der Waals surface area contributed by atoms with Gasteiger partial charge in [0, 0.05) is 31.7 Å². The van der Waals surface area contributed by atoms with Crippen molar-refractivity contribution in [3.63, 3.8) is 0 Å². The van der Waals surface area contributed by atoms with Gasteiger partial charge in [-0.25, -0.2) is 0 Å². The van der Waals surface area contributed by atoms with Crippen LogP contribution in [0.4, 0.5) is 13.2 Å². The van der Waals surface area contributed by atoms with E-state index in [1.165, 1.54) is 12.1 Å². The summed E-state index contributed by atoms with van der Waals surface area (Å²) in [5.41, 5.74) is 6.98. The van der Waals surface area contributed by atoms with E-state index in [9.17, 15) is 18.0 Å². The summed E-state index contributed by atoms with van der Waals surface area (Å²) in [5, 5.41) is 0. The van der Waals surface area contributed by atoms with Gasteiger partial charge in [0.05, 0.1) is 5.56 Å². The number of halogens is 4. The van der Waals surface area contributed by atoms with Gasteiger partial charge < -0.3 is 15.5 Å². The fraction of sp³-hybridized carbons (Fsp3) is 0.350. The molecule has 0 aromatic heterocycles. The van der Waals surface area contributed by atoms with E-state index in [0.29, 0.717) is 30.8 Å². The SMILES string of the molecule is CN(C)CCN(Cc1ccc(C(F)(F)F)cc1)C(=O)c1ccc(CN)cc1.Cl. The Bertz CT molecular complexity index is 747. The van der Waals surface area contributed by atoms with E-state index in [2.05, 4.69) is 0 Å². The van der Waals surface area contributed by atoms with Crippen LogP contribution < -0.4 is 5.73 Å². The number of benzene rings is 2. The number of hydrogen-bond donors (Lipinski definition) is 1. The third-order valence-corrected chi connectivity index (χ3v) is 4.20. The van der Waals surface area contributed by atoms with Crippen LogP contribution in [0.3, 0.4) is 0 Å². The van der Waals surface area contributed by atoms with Crippen LogP contribution in [-0.4, -0.2) is 42.9 Å². The van der Waals surface area contributed by atoms with E-state index in [4.69, 9.17) is 5.73 Å². The summed E-state index contributed by atoms with van der Waals surface area (Å²) in [7, 11) is 3.80. The molecule has 0 aliphatic rings. The third kappa shape index (κ3) is 6.82. The lowest BCUT2D eigenvalue weighted by Gasteiger charge is -2.25. The fourth-order valence-corrected chi connectivity index (χ4v) is 2.56. The molecular weight excluding hydrogens is 391 g/mol. The summed E-state index contributed by atoms with van der Waals surface area (Å²) >= 11 is 0. The Kier molecular flexibility index (Phi) is 8.94. The first-order valence-electron chi connectivity index (χ1n) is 8.60. The van der Waals surface area contributed by atoms with E-state index in [1.807, 2.05) is 19.0 Å². The van der Waals surface area contributed by atoms with Crippen molar-refractivity contribution >= 4 is 18.3 Å². The van der Waals surface area contributed by atoms with E-state index >= 15 is 0 Å². The number of carbonyl (C=O) groups is 1. The molecule has 0 saturated carbocycles. The van der Waals surface area contributed by atoms with Gasteiger partial charge in [0.1, 0.15) is 0 Å². The zero-order valence-corrected chi connectivity index (χ0v) is 16.7. The van der Waals surface area contributed by atoms with E-state index in [-0.39, 0.29) is 24.9 Å². The van der Waals surface area contributed by atoms with Crippen LogP contribution >= 0.6 is 12.4 Å². The zero-order chi connectivity index (χ0) is 20.0. The molecule has 0 unspecified atom stereocenters. The molecule has 2 aromatic rings. The lowest BCUT2D eigenvalue weighted by atomic mass is 10.1. The molecule has 154 valence electrons. The number of likely N-dealkylation sites (N-methyl/N-ethyl adjacent to an activating group) is 1. The second-order valence-corrected chi connectivity index (χ2v) is 6.63. The molecule has 4 nitrogen and oxygen atoms in total. The van der Waals surface area contributed by atoms with Crippen LogP contribution in [0, 0.1) is 0 Å². The highest BCUT2D eigenvalue weighted by atomic mass is 35.5. The number of amides is 1. The van der Waals surface area contributed by atoms with E-state index in [1.54, 1.807) is 29.2 Å². The van der Waals surface area contributed by atoms with Gasteiger partial charge in [0.25, 0.3) is 5.91 Å². The molecule has 8 heteroatoms. The minimum Gasteiger partial charge on any atom is -0.333 e. The average Bonchev–Trinajstić information content (AvgIpc) is 2.64. The van der Waals surface area contributed by atoms with Gasteiger partial charge in [-0.05, 0) is 49.5 Å². The molecule has 2 aromatic carbocycles. The molecule has 0 saturated heterocycles. The van der Waals surface area contributed by atoms with Gasteiger partial charge in [0.2, 0.25) is 0 Å². The molecular formula is C20H25ClF3N3O. The topological polar surface area (TPSA) is 49.6 Å². The lowest BCUT2D eigenvalue weighted by Crippen LogP contribution is -2.36. The lowest BCUT2D eigenvalue weighted by molar-refractivity contribution is -0.137. The Morgan fingerprint density at radius 3 is 1.93 bits per heavy atom. The predicted octanol–water partition coefficient (Wildman–Crippen LogP) is 3.79. The van der Waals surface area contributed by atoms with Crippen molar-refractivity contribution in [1.82, 2.24) is 9.80 Å². The Hall–Kier alpha value is -2.09. The fourth-order valence-electron chi connectivity index (χ4n) is 2.56. The summed E-state index contributed by atoms with van der Waals surface area (Å²) in [4.78, 5) is 16.5. The molecule has 28 heavy (non-hydrogen) atoms. The third-order valence-electron chi connectivity index (χ3n) is 4.20. The first kappa shape index (κ1) is 23.9. The highest BCUT2D eigenvalue weighted by molar-refractivity contribution is 5.94. The van der Waals surface area contributed by atoms with Crippen LogP contribution in [0.5, 0.6) is 0 Å². The Morgan fingerprint density at radius 2 is 1.46 bits per heavy atom. The second kappa shape index (κ2) is 10.5. The quantitative estimate of drug-likeness (QED) is 0.748. The zero-order valence-electron chi connectivity index (χ0n) is 15.9. The van der Waals surface area contributed by atoms with Crippen molar-refractivity contribution in [3.05, 3.63) is 70.8 Å². The van der Waals surface area contributed by atoms with Crippen molar-refractivity contribution in [3.8, 4) is 0 Å². The van der Waals surface area contributed by atoms with Gasteiger partial charge in [-0.1, -0.05) is 24.3 Å². The van der Waals surface area contributed by atoms with Crippen molar-refractivity contribution in [1.29, 1.82) is 0 Å². The molecule has 0 spiro atoms. The molecule has 0 heterocycles. The second-order valence-electron chi connectivity index (χ2n) is 6.63. The number of carbonyl (C=O) groups excluding carboxylic acids is 1. The van der Waals surface area contributed by atoms with Crippen LogP contribution in [-0.2, 0) is 19.3 Å². The van der Waals surface area contributed by atoms with Gasteiger partial charge in [-0.2, -0.15) is 13.2 Å². The molecule has 2 N–H and O–H groups in total. The molecule has 0 atom stereocenters. The number of nitrogens with two attached hydrogens (primary N) is 1.